The molecule has 4 heteroatoms. The Kier molecular flexibility index (Phi) is 2.93. The number of cyclic esters (lactones) is 1. The van der Waals surface area contributed by atoms with E-state index in [1.807, 2.05) is 18.2 Å². The first-order valence-electron chi connectivity index (χ1n) is 5.16. The molecule has 1 aliphatic heterocycles. The molecule has 86 valence electrons. The molecule has 0 radical (unpaired) electrons. The Morgan fingerprint density at radius 2 is 2.12 bits per heavy atom. The van der Waals surface area contributed by atoms with Crippen LogP contribution in [-0.2, 0) is 10.2 Å². The first-order valence-corrected chi connectivity index (χ1v) is 5.95. The predicted molar refractivity (Wildman–Crippen MR) is 65.5 cm³/mol. The Labute approximate surface area is 104 Å². The Balaban J connectivity index is 2.33. The molecule has 0 bridgehead atoms. The number of halogens is 1. The Bertz CT molecular complexity index is 421. The fraction of sp³-hybridized carbons (Fsp3) is 0.417. The van der Waals surface area contributed by atoms with E-state index in [9.17, 15) is 4.79 Å². The molecule has 1 amide bonds. The number of amides is 1. The molecule has 1 aliphatic rings. The van der Waals surface area contributed by atoms with Crippen LogP contribution in [0.5, 0.6) is 0 Å². The van der Waals surface area contributed by atoms with Gasteiger partial charge in [0.25, 0.3) is 0 Å². The Hall–Kier alpha value is -1.03. The highest BCUT2D eigenvalue weighted by atomic mass is 79.9. The maximum absolute atomic E-state index is 11.3. The summed E-state index contributed by atoms with van der Waals surface area (Å²) >= 11 is 3.54. The van der Waals surface area contributed by atoms with Crippen molar-refractivity contribution in [2.45, 2.75) is 12.3 Å². The van der Waals surface area contributed by atoms with E-state index in [1.54, 1.807) is 11.9 Å². The van der Waals surface area contributed by atoms with Gasteiger partial charge < -0.3 is 9.64 Å². The number of hydrogen-bond acceptors (Lipinski definition) is 2. The molecule has 0 aromatic heterocycles. The minimum atomic E-state index is -0.246. The van der Waals surface area contributed by atoms with Crippen LogP contribution < -0.4 is 0 Å². The van der Waals surface area contributed by atoms with Gasteiger partial charge in [-0.25, -0.2) is 4.79 Å². The zero-order chi connectivity index (χ0) is 11.8. The second-order valence-electron chi connectivity index (χ2n) is 4.45. The molecular formula is C12H14BrNO2. The lowest BCUT2D eigenvalue weighted by Crippen LogP contribution is -2.49. The van der Waals surface area contributed by atoms with Crippen molar-refractivity contribution in [3.63, 3.8) is 0 Å². The standard InChI is InChI=1S/C12H14BrNO2/c1-12(7-14(2)11(15)16-8-12)9-5-3-4-6-10(9)13/h3-6H,7-8H2,1-2H3. The second-order valence-corrected chi connectivity index (χ2v) is 5.31. The van der Waals surface area contributed by atoms with Crippen LogP contribution in [0.4, 0.5) is 4.79 Å². The molecule has 0 spiro atoms. The van der Waals surface area contributed by atoms with Crippen molar-refractivity contribution in [2.75, 3.05) is 20.2 Å². The van der Waals surface area contributed by atoms with Crippen LogP contribution in [0.15, 0.2) is 28.7 Å². The molecule has 1 saturated heterocycles. The minimum Gasteiger partial charge on any atom is -0.448 e. The molecule has 0 N–H and O–H groups in total. The van der Waals surface area contributed by atoms with Crippen LogP contribution in [0.25, 0.3) is 0 Å². The fourth-order valence-corrected chi connectivity index (χ4v) is 2.84. The van der Waals surface area contributed by atoms with Crippen LogP contribution in [-0.4, -0.2) is 31.2 Å². The first-order chi connectivity index (χ1) is 7.53. The molecule has 3 nitrogen and oxygen atoms in total. The molecule has 1 heterocycles. The number of carbonyl (C=O) groups excluding carboxylic acids is 1. The third-order valence-corrected chi connectivity index (χ3v) is 3.63. The highest BCUT2D eigenvalue weighted by Gasteiger charge is 2.37. The quantitative estimate of drug-likeness (QED) is 0.793. The summed E-state index contributed by atoms with van der Waals surface area (Å²) in [6.07, 6.45) is -0.246. The lowest BCUT2D eigenvalue weighted by Gasteiger charge is -2.38. The largest absolute Gasteiger partial charge is 0.448 e. The van der Waals surface area contributed by atoms with E-state index in [-0.39, 0.29) is 11.5 Å². The van der Waals surface area contributed by atoms with Crippen molar-refractivity contribution in [3.05, 3.63) is 34.3 Å². The highest BCUT2D eigenvalue weighted by molar-refractivity contribution is 9.10. The van der Waals surface area contributed by atoms with Crippen LogP contribution in [0.3, 0.4) is 0 Å². The van der Waals surface area contributed by atoms with Gasteiger partial charge in [0.1, 0.15) is 6.61 Å². The van der Waals surface area contributed by atoms with Gasteiger partial charge in [0, 0.05) is 23.5 Å². The smallest absolute Gasteiger partial charge is 0.409 e. The molecule has 0 aliphatic carbocycles. The van der Waals surface area contributed by atoms with Gasteiger partial charge in [0.05, 0.1) is 0 Å². The highest BCUT2D eigenvalue weighted by Crippen LogP contribution is 2.33. The third-order valence-electron chi connectivity index (χ3n) is 2.94. The van der Waals surface area contributed by atoms with Gasteiger partial charge in [-0.3, -0.25) is 0 Å². The monoisotopic (exact) mass is 283 g/mol. The van der Waals surface area contributed by atoms with E-state index < -0.39 is 0 Å². The van der Waals surface area contributed by atoms with Crippen LogP contribution >= 0.6 is 15.9 Å². The van der Waals surface area contributed by atoms with Crippen molar-refractivity contribution in [3.8, 4) is 0 Å². The zero-order valence-corrected chi connectivity index (χ0v) is 11.0. The lowest BCUT2D eigenvalue weighted by atomic mass is 9.82. The zero-order valence-electron chi connectivity index (χ0n) is 9.37. The van der Waals surface area contributed by atoms with Gasteiger partial charge in [-0.15, -0.1) is 0 Å². The van der Waals surface area contributed by atoms with Crippen LogP contribution in [0, 0.1) is 0 Å². The van der Waals surface area contributed by atoms with Crippen molar-refractivity contribution < 1.29 is 9.53 Å². The Morgan fingerprint density at radius 3 is 2.75 bits per heavy atom. The summed E-state index contributed by atoms with van der Waals surface area (Å²) in [6, 6.07) is 8.06. The maximum atomic E-state index is 11.3. The van der Waals surface area contributed by atoms with E-state index >= 15 is 0 Å². The van der Waals surface area contributed by atoms with Gasteiger partial charge in [0.15, 0.2) is 0 Å². The van der Waals surface area contributed by atoms with Gasteiger partial charge >= 0.3 is 6.09 Å². The third kappa shape index (κ3) is 1.94. The van der Waals surface area contributed by atoms with Crippen molar-refractivity contribution in [2.24, 2.45) is 0 Å². The summed E-state index contributed by atoms with van der Waals surface area (Å²) in [5, 5.41) is 0. The summed E-state index contributed by atoms with van der Waals surface area (Å²) in [5.41, 5.74) is 1.03. The molecule has 16 heavy (non-hydrogen) atoms. The normalized spacial score (nSPS) is 25.4. The average Bonchev–Trinajstić information content (AvgIpc) is 2.25. The molecule has 2 rings (SSSR count). The first kappa shape index (κ1) is 11.5. The molecular weight excluding hydrogens is 270 g/mol. The number of nitrogens with zero attached hydrogens (tertiary/aromatic N) is 1. The van der Waals surface area contributed by atoms with Crippen LogP contribution in [0.1, 0.15) is 12.5 Å². The van der Waals surface area contributed by atoms with E-state index in [4.69, 9.17) is 4.74 Å². The topological polar surface area (TPSA) is 29.5 Å². The van der Waals surface area contributed by atoms with Crippen molar-refractivity contribution in [1.29, 1.82) is 0 Å². The van der Waals surface area contributed by atoms with E-state index in [1.165, 1.54) is 5.56 Å². The Morgan fingerprint density at radius 1 is 1.44 bits per heavy atom. The number of ether oxygens (including phenoxy) is 1. The van der Waals surface area contributed by atoms with Crippen LogP contribution in [0.2, 0.25) is 0 Å². The van der Waals surface area contributed by atoms with E-state index in [0.717, 1.165) is 4.47 Å². The van der Waals surface area contributed by atoms with Gasteiger partial charge in [-0.1, -0.05) is 41.1 Å². The maximum Gasteiger partial charge on any atom is 0.409 e. The summed E-state index contributed by atoms with van der Waals surface area (Å²) in [5.74, 6) is 0. The number of hydrogen-bond donors (Lipinski definition) is 0. The SMILES string of the molecule is CN1CC(C)(c2ccccc2Br)COC1=O. The fourth-order valence-electron chi connectivity index (χ4n) is 2.08. The average molecular weight is 284 g/mol. The van der Waals surface area contributed by atoms with Gasteiger partial charge in [-0.2, -0.15) is 0 Å². The number of carbonyl (C=O) groups is 1. The summed E-state index contributed by atoms with van der Waals surface area (Å²) in [6.45, 7) is 3.21. The molecule has 1 aromatic rings. The second kappa shape index (κ2) is 4.09. The molecule has 1 unspecified atom stereocenters. The lowest BCUT2D eigenvalue weighted by molar-refractivity contribution is 0.0427. The molecule has 0 saturated carbocycles. The van der Waals surface area contributed by atoms with Crippen molar-refractivity contribution in [1.82, 2.24) is 4.90 Å². The summed E-state index contributed by atoms with van der Waals surface area (Å²) in [7, 11) is 1.76. The van der Waals surface area contributed by atoms with E-state index in [2.05, 4.69) is 28.9 Å². The molecule has 1 atom stereocenters. The van der Waals surface area contributed by atoms with Gasteiger partial charge in [-0.05, 0) is 11.6 Å². The number of rotatable bonds is 1. The predicted octanol–water partition coefficient (Wildman–Crippen LogP) is 2.79. The van der Waals surface area contributed by atoms with Gasteiger partial charge in [0.2, 0.25) is 0 Å². The summed E-state index contributed by atoms with van der Waals surface area (Å²) < 4.78 is 6.24. The minimum absolute atomic E-state index is 0.150. The number of benzene rings is 1. The number of likely N-dealkylation sites (N-methyl/N-ethyl adjacent to an activating group) is 1. The summed E-state index contributed by atoms with van der Waals surface area (Å²) in [4.78, 5) is 12.9. The molecule has 1 fully saturated rings. The molecule has 1 aromatic carbocycles. The van der Waals surface area contributed by atoms with E-state index in [0.29, 0.717) is 13.2 Å². The van der Waals surface area contributed by atoms with Crippen molar-refractivity contribution >= 4 is 22.0 Å².